The summed E-state index contributed by atoms with van der Waals surface area (Å²) in [5.41, 5.74) is 0. The minimum Gasteiger partial charge on any atom is -0.371 e. The van der Waals surface area contributed by atoms with Gasteiger partial charge >= 0.3 is 10.1 Å². The lowest BCUT2D eigenvalue weighted by Gasteiger charge is -2.24. The van der Waals surface area contributed by atoms with Gasteiger partial charge in [0.15, 0.2) is 0 Å². The summed E-state index contributed by atoms with van der Waals surface area (Å²) in [4.78, 5) is 8.74. The first-order valence-electron chi connectivity index (χ1n) is 3.56. The molecule has 0 radical (unpaired) electrons. The Morgan fingerprint density at radius 1 is 1.43 bits per heavy atom. The highest BCUT2D eigenvalue weighted by Gasteiger charge is 2.49. The maximum Gasteiger partial charge on any atom is 0.307 e. The fourth-order valence-corrected chi connectivity index (χ4v) is 1.80. The lowest BCUT2D eigenvalue weighted by Crippen LogP contribution is -2.47. The van der Waals surface area contributed by atoms with Gasteiger partial charge in [-0.3, -0.25) is 9.35 Å². The van der Waals surface area contributed by atoms with E-state index in [1.165, 1.54) is 12.2 Å². The molecule has 1 rings (SSSR count). The van der Waals surface area contributed by atoms with E-state index in [1.807, 2.05) is 0 Å². The Morgan fingerprint density at radius 3 is 2.50 bits per heavy atom. The molecule has 2 N–H and O–H groups in total. The van der Waals surface area contributed by atoms with Gasteiger partial charge in [-0.25, -0.2) is 0 Å². The monoisotopic (exact) mass is 220 g/mol. The van der Waals surface area contributed by atoms with Crippen molar-refractivity contribution in [2.45, 2.75) is 4.93 Å². The number of ketones is 1. The van der Waals surface area contributed by atoms with Crippen molar-refractivity contribution in [3.63, 3.8) is 0 Å². The summed E-state index contributed by atoms with van der Waals surface area (Å²) in [5.74, 6) is -0.962. The number of allylic oxidation sites excluding steroid dienone is 2. The van der Waals surface area contributed by atoms with Gasteiger partial charge in [0.05, 0.1) is 0 Å². The number of hydrogen-bond donors (Lipinski definition) is 2. The highest BCUT2D eigenvalue weighted by atomic mass is 32.2. The predicted octanol–water partition coefficient (Wildman–Crippen LogP) is -0.768. The molecule has 0 aliphatic heterocycles. The highest BCUT2D eigenvalue weighted by Crippen LogP contribution is 2.24. The van der Waals surface area contributed by atoms with Crippen LogP contribution in [0.5, 0.6) is 0 Å². The van der Waals surface area contributed by atoms with Crippen LogP contribution < -0.4 is 0 Å². The largest absolute Gasteiger partial charge is 0.371 e. The number of carbonyl (C=O) groups excluding carboxylic acids is 1. The van der Waals surface area contributed by atoms with Crippen LogP contribution in [0.25, 0.3) is 0 Å². The Morgan fingerprint density at radius 2 is 2.07 bits per heavy atom. The molecule has 0 aromatic rings. The summed E-state index contributed by atoms with van der Waals surface area (Å²) in [5, 5.41) is 8.46. The van der Waals surface area contributed by atoms with Crippen molar-refractivity contribution < 1.29 is 27.6 Å². The first kappa shape index (κ1) is 11.1. The molecular formula is C7H8O6S. The van der Waals surface area contributed by atoms with Gasteiger partial charge in [0, 0.05) is 0 Å². The van der Waals surface area contributed by atoms with Crippen molar-refractivity contribution in [1.29, 1.82) is 0 Å². The molecule has 0 bridgehead atoms. The summed E-state index contributed by atoms with van der Waals surface area (Å²) in [6, 6.07) is 0. The lowest BCUT2D eigenvalue weighted by molar-refractivity contribution is -0.133. The van der Waals surface area contributed by atoms with Gasteiger partial charge < -0.3 is 9.84 Å². The smallest absolute Gasteiger partial charge is 0.307 e. The molecule has 1 aliphatic rings. The van der Waals surface area contributed by atoms with Gasteiger partial charge in [-0.15, -0.1) is 0 Å². The lowest BCUT2D eigenvalue weighted by atomic mass is 10.1. The predicted molar refractivity (Wildman–Crippen MR) is 45.7 cm³/mol. The van der Waals surface area contributed by atoms with E-state index < -0.39 is 27.6 Å². The van der Waals surface area contributed by atoms with Crippen LogP contribution in [0.3, 0.4) is 0 Å². The minimum absolute atomic E-state index is 0.862. The Hall–Kier alpha value is -1.02. The molecular weight excluding hydrogens is 212 g/mol. The second-order valence-corrected chi connectivity index (χ2v) is 4.06. The Balaban J connectivity index is 3.25. The third-order valence-corrected chi connectivity index (χ3v) is 2.90. The number of rotatable bonds is 3. The van der Waals surface area contributed by atoms with Gasteiger partial charge in [-0.05, 0) is 12.2 Å². The molecule has 0 fully saturated rings. The number of aliphatic hydroxyl groups is 1. The van der Waals surface area contributed by atoms with Crippen molar-refractivity contribution in [2.75, 3.05) is 6.79 Å². The van der Waals surface area contributed by atoms with Crippen LogP contribution in [0, 0.1) is 0 Å². The number of carbonyl (C=O) groups is 1. The molecule has 1 atom stereocenters. The molecule has 78 valence electrons. The first-order chi connectivity index (χ1) is 6.44. The van der Waals surface area contributed by atoms with Crippen molar-refractivity contribution >= 4 is 15.9 Å². The van der Waals surface area contributed by atoms with E-state index in [-0.39, 0.29) is 0 Å². The molecule has 6 nitrogen and oxygen atoms in total. The molecule has 0 heterocycles. The molecule has 14 heavy (non-hydrogen) atoms. The normalized spacial score (nSPS) is 26.9. The molecule has 0 saturated heterocycles. The molecule has 0 aromatic carbocycles. The number of aliphatic hydroxyl groups excluding tert-OH is 1. The summed E-state index contributed by atoms with van der Waals surface area (Å²) in [7, 11) is -4.77. The van der Waals surface area contributed by atoms with Crippen LogP contribution >= 0.6 is 0 Å². The molecule has 0 aromatic heterocycles. The Labute approximate surface area is 80.2 Å². The zero-order valence-corrected chi connectivity index (χ0v) is 7.77. The topological polar surface area (TPSA) is 101 Å². The van der Waals surface area contributed by atoms with Crippen LogP contribution in [-0.2, 0) is 19.6 Å². The first-order valence-corrected chi connectivity index (χ1v) is 5.00. The zero-order chi connectivity index (χ0) is 10.8. The van der Waals surface area contributed by atoms with Gasteiger partial charge in [0.2, 0.25) is 5.78 Å². The van der Waals surface area contributed by atoms with E-state index in [4.69, 9.17) is 9.66 Å². The molecule has 1 unspecified atom stereocenters. The van der Waals surface area contributed by atoms with Gasteiger partial charge in [0.1, 0.15) is 6.79 Å². The van der Waals surface area contributed by atoms with Crippen LogP contribution in [0.2, 0.25) is 0 Å². The summed E-state index contributed by atoms with van der Waals surface area (Å²) in [6.45, 7) is -0.996. The van der Waals surface area contributed by atoms with Crippen molar-refractivity contribution in [1.82, 2.24) is 0 Å². The minimum atomic E-state index is -4.77. The number of ether oxygens (including phenoxy) is 1. The van der Waals surface area contributed by atoms with E-state index in [9.17, 15) is 13.2 Å². The van der Waals surface area contributed by atoms with E-state index in [0.717, 1.165) is 12.2 Å². The fraction of sp³-hybridized carbons (Fsp3) is 0.286. The van der Waals surface area contributed by atoms with Gasteiger partial charge in [-0.1, -0.05) is 12.2 Å². The summed E-state index contributed by atoms with van der Waals surface area (Å²) >= 11 is 0. The highest BCUT2D eigenvalue weighted by molar-refractivity contribution is 7.88. The van der Waals surface area contributed by atoms with Crippen LogP contribution in [-0.4, -0.2) is 35.6 Å². The van der Waals surface area contributed by atoms with Crippen LogP contribution in [0.4, 0.5) is 0 Å². The van der Waals surface area contributed by atoms with E-state index in [0.29, 0.717) is 0 Å². The SMILES string of the molecule is O=C1C=CC=CC1(OCO)S(=O)(=O)O. The standard InChI is InChI=1S/C7H8O6S/c8-5-13-7(14(10,11)12)4-2-1-3-6(7)9/h1-4,8H,5H2,(H,10,11,12). The van der Waals surface area contributed by atoms with Crippen LogP contribution in [0.1, 0.15) is 0 Å². The molecule has 0 saturated carbocycles. The van der Waals surface area contributed by atoms with Crippen molar-refractivity contribution in [3.8, 4) is 0 Å². The fourth-order valence-electron chi connectivity index (χ4n) is 1.03. The van der Waals surface area contributed by atoms with Crippen molar-refractivity contribution in [2.24, 2.45) is 0 Å². The quantitative estimate of drug-likeness (QED) is 0.478. The average molecular weight is 220 g/mol. The van der Waals surface area contributed by atoms with E-state index in [1.54, 1.807) is 0 Å². The van der Waals surface area contributed by atoms with E-state index >= 15 is 0 Å². The van der Waals surface area contributed by atoms with Crippen LogP contribution in [0.15, 0.2) is 24.3 Å². The third kappa shape index (κ3) is 1.62. The molecule has 0 spiro atoms. The second kappa shape index (κ2) is 3.62. The van der Waals surface area contributed by atoms with Gasteiger partial charge in [0.25, 0.3) is 4.93 Å². The summed E-state index contributed by atoms with van der Waals surface area (Å²) in [6.07, 6.45) is 4.32. The number of hydrogen-bond acceptors (Lipinski definition) is 5. The summed E-state index contributed by atoms with van der Waals surface area (Å²) < 4.78 is 35.0. The third-order valence-electron chi connectivity index (χ3n) is 1.68. The van der Waals surface area contributed by atoms with E-state index in [2.05, 4.69) is 4.74 Å². The maximum atomic E-state index is 11.2. The zero-order valence-electron chi connectivity index (χ0n) is 6.95. The van der Waals surface area contributed by atoms with Gasteiger partial charge in [-0.2, -0.15) is 8.42 Å². The maximum absolute atomic E-state index is 11.2. The molecule has 7 heteroatoms. The average Bonchev–Trinajstić information content (AvgIpc) is 2.07. The Bertz CT molecular complexity index is 392. The molecule has 1 aliphatic carbocycles. The molecule has 0 amide bonds. The Kier molecular flexibility index (Phi) is 2.86. The van der Waals surface area contributed by atoms with Crippen molar-refractivity contribution in [3.05, 3.63) is 24.3 Å². The second-order valence-electron chi connectivity index (χ2n) is 2.50.